The number of cyclic esters (lactones) is 1. The minimum Gasteiger partial charge on any atom is -0.491 e. The summed E-state index contributed by atoms with van der Waals surface area (Å²) in [6.45, 7) is 15.6. The van der Waals surface area contributed by atoms with Crippen molar-refractivity contribution < 1.29 is 33.3 Å². The highest BCUT2D eigenvalue weighted by molar-refractivity contribution is 7.10. The standard InChI is InChI=1S/C49H59N7O7S/c1-27-28(2)41(27)46(57)52-37-22-40-51-38(25-64-40)31-20-34-36(23-49(4,5)26-63-48(59)43-32-18-33(19-32)56(53-43)47(37)58)44(55-11-8-14-62-39(21-31)45(34)55)35-17-30(24-50-42(35)29(3)60-6)9-7-10-54-12-15-61-16-13-54/h17,20-21,24-25,27-29,32-33,37,41,43,53H,8,10-16,18-19,22-23,26H2,1-6H3,(H,52,57)/t27-,28+,29-,32?,33?,37?,41?,43-/m0/s1. The summed E-state index contributed by atoms with van der Waals surface area (Å²) in [5.74, 6) is 7.25. The molecule has 3 aromatic heterocycles. The number of carbonyl (C=O) groups is 3. The third kappa shape index (κ3) is 8.10. The molecule has 15 heteroatoms. The lowest BCUT2D eigenvalue weighted by Crippen LogP contribution is -2.71. The molecule has 8 heterocycles. The third-order valence-corrected chi connectivity index (χ3v) is 15.4. The number of hydrogen-bond donors (Lipinski definition) is 2. The fourth-order valence-electron chi connectivity index (χ4n) is 10.4. The lowest BCUT2D eigenvalue weighted by atomic mass is 9.73. The van der Waals surface area contributed by atoms with Gasteiger partial charge in [-0.15, -0.1) is 11.3 Å². The number of hydrogen-bond acceptors (Lipinski definition) is 12. The second kappa shape index (κ2) is 17.2. The van der Waals surface area contributed by atoms with E-state index in [9.17, 15) is 14.4 Å². The second-order valence-electron chi connectivity index (χ2n) is 19.6. The molecule has 2 saturated carbocycles. The average molecular weight is 890 g/mol. The number of ether oxygens (including phenoxy) is 4. The Kier molecular flexibility index (Phi) is 11.6. The first-order valence-electron chi connectivity index (χ1n) is 23.0. The number of morpholine rings is 1. The number of amides is 2. The van der Waals surface area contributed by atoms with Gasteiger partial charge in [0.05, 0.1) is 66.7 Å². The van der Waals surface area contributed by atoms with Crippen molar-refractivity contribution in [3.63, 3.8) is 0 Å². The zero-order valence-corrected chi connectivity index (χ0v) is 38.5. The largest absolute Gasteiger partial charge is 0.491 e. The molecule has 5 aliphatic heterocycles. The fourth-order valence-corrected chi connectivity index (χ4v) is 11.3. The molecule has 2 N–H and O–H groups in total. The van der Waals surface area contributed by atoms with E-state index in [1.54, 1.807) is 12.1 Å². The lowest BCUT2D eigenvalue weighted by molar-refractivity contribution is -0.171. The molecular formula is C49H59N7O7S. The highest BCUT2D eigenvalue weighted by atomic mass is 32.1. The van der Waals surface area contributed by atoms with Crippen LogP contribution in [0.1, 0.15) is 81.8 Å². The van der Waals surface area contributed by atoms with Crippen LogP contribution in [0.5, 0.6) is 5.75 Å². The number of aromatic nitrogens is 3. The minimum atomic E-state index is -0.860. The Hall–Kier alpha value is -4.85. The topological polar surface area (TPSA) is 149 Å². The van der Waals surface area contributed by atoms with Crippen molar-refractivity contribution in [2.45, 2.75) is 97.5 Å². The molecule has 5 fully saturated rings. The van der Waals surface area contributed by atoms with Gasteiger partial charge in [0.15, 0.2) is 0 Å². The summed E-state index contributed by atoms with van der Waals surface area (Å²) >= 11 is 1.48. The quantitative estimate of drug-likeness (QED) is 0.186. The van der Waals surface area contributed by atoms with E-state index in [-0.39, 0.29) is 66.6 Å². The molecule has 3 saturated heterocycles. The molecule has 2 aliphatic carbocycles. The Bertz CT molecular complexity index is 2540. The van der Waals surface area contributed by atoms with Gasteiger partial charge in [-0.25, -0.2) is 10.4 Å². The van der Waals surface area contributed by atoms with E-state index in [2.05, 4.69) is 77.9 Å². The van der Waals surface area contributed by atoms with Gasteiger partial charge >= 0.3 is 5.97 Å². The average Bonchev–Trinajstić information content (AvgIpc) is 3.54. The van der Waals surface area contributed by atoms with E-state index in [1.165, 1.54) is 11.3 Å². The Morgan fingerprint density at radius 3 is 2.66 bits per heavy atom. The van der Waals surface area contributed by atoms with E-state index in [4.69, 9.17) is 28.9 Å². The van der Waals surface area contributed by atoms with Crippen LogP contribution in [-0.2, 0) is 48.0 Å². The Balaban J connectivity index is 1.11. The number of hydrazine groups is 1. The van der Waals surface area contributed by atoms with Crippen LogP contribution in [0.2, 0.25) is 0 Å². The number of nitrogens with zero attached hydrogens (tertiary/aromatic N) is 5. The van der Waals surface area contributed by atoms with Crippen LogP contribution in [0.3, 0.4) is 0 Å². The van der Waals surface area contributed by atoms with Gasteiger partial charge in [0, 0.05) is 84.2 Å². The summed E-state index contributed by atoms with van der Waals surface area (Å²) in [5.41, 5.74) is 10.1. The van der Waals surface area contributed by atoms with E-state index in [1.807, 2.05) is 18.5 Å². The van der Waals surface area contributed by atoms with E-state index >= 15 is 0 Å². The zero-order valence-electron chi connectivity index (χ0n) is 37.7. The summed E-state index contributed by atoms with van der Waals surface area (Å²) in [6.07, 6.45) is 4.49. The number of pyridine rings is 1. The molecule has 0 radical (unpaired) electrons. The smallest absolute Gasteiger partial charge is 0.325 e. The molecular weight excluding hydrogens is 831 g/mol. The van der Waals surface area contributed by atoms with E-state index < -0.39 is 17.5 Å². The number of carbonyl (C=O) groups excluding carboxylic acids is 3. The molecule has 2 amide bonds. The molecule has 0 spiro atoms. The Morgan fingerprint density at radius 1 is 1.09 bits per heavy atom. The minimum absolute atomic E-state index is 0.0582. The van der Waals surface area contributed by atoms with Crippen molar-refractivity contribution in [2.75, 3.05) is 53.2 Å². The van der Waals surface area contributed by atoms with E-state index in [0.717, 1.165) is 80.5 Å². The number of rotatable bonds is 6. The molecule has 8 bridgehead atoms. The van der Waals surface area contributed by atoms with Crippen molar-refractivity contribution in [3.8, 4) is 40.1 Å². The van der Waals surface area contributed by atoms with Crippen molar-refractivity contribution in [1.29, 1.82) is 0 Å². The molecule has 4 aromatic rings. The highest BCUT2D eigenvalue weighted by Crippen LogP contribution is 2.48. The molecule has 6 atom stereocenters. The van der Waals surface area contributed by atoms with Crippen LogP contribution < -0.4 is 15.5 Å². The number of thiazole rings is 1. The normalized spacial score (nSPS) is 28.1. The third-order valence-electron chi connectivity index (χ3n) is 14.5. The van der Waals surface area contributed by atoms with Gasteiger partial charge in [-0.05, 0) is 74.1 Å². The van der Waals surface area contributed by atoms with Gasteiger partial charge in [0.2, 0.25) is 5.91 Å². The summed E-state index contributed by atoms with van der Waals surface area (Å²) in [5, 5.41) is 8.51. The first-order chi connectivity index (χ1) is 30.9. The lowest BCUT2D eigenvalue weighted by Gasteiger charge is -2.53. The first kappa shape index (κ1) is 43.1. The van der Waals surface area contributed by atoms with Crippen molar-refractivity contribution >= 4 is 40.0 Å². The van der Waals surface area contributed by atoms with Crippen LogP contribution in [-0.4, -0.2) is 114 Å². The molecule has 64 heavy (non-hydrogen) atoms. The van der Waals surface area contributed by atoms with Gasteiger partial charge in [-0.3, -0.25) is 29.3 Å². The summed E-state index contributed by atoms with van der Waals surface area (Å²) in [4.78, 5) is 54.8. The van der Waals surface area contributed by atoms with Crippen LogP contribution >= 0.6 is 11.3 Å². The predicted octanol–water partition coefficient (Wildman–Crippen LogP) is 5.55. The molecule has 7 aliphatic rings. The van der Waals surface area contributed by atoms with Crippen molar-refractivity contribution in [1.82, 2.24) is 35.2 Å². The van der Waals surface area contributed by atoms with Gasteiger partial charge in [-0.1, -0.05) is 39.5 Å². The summed E-state index contributed by atoms with van der Waals surface area (Å²) in [6, 6.07) is 4.85. The highest BCUT2D eigenvalue weighted by Gasteiger charge is 2.53. The molecule has 338 valence electrons. The van der Waals surface area contributed by atoms with Crippen LogP contribution in [0, 0.1) is 40.9 Å². The van der Waals surface area contributed by atoms with Crippen molar-refractivity contribution in [3.05, 3.63) is 51.6 Å². The Labute approximate surface area is 378 Å². The fraction of sp³-hybridized carbons (Fsp3) is 0.571. The molecule has 1 aromatic carbocycles. The number of aryl methyl sites for hydroxylation is 1. The second-order valence-corrected chi connectivity index (χ2v) is 20.5. The van der Waals surface area contributed by atoms with Crippen LogP contribution in [0.4, 0.5) is 0 Å². The molecule has 2 unspecified atom stereocenters. The maximum atomic E-state index is 14.5. The summed E-state index contributed by atoms with van der Waals surface area (Å²) in [7, 11) is 1.71. The zero-order chi connectivity index (χ0) is 44.4. The molecule has 11 rings (SSSR count). The van der Waals surface area contributed by atoms with E-state index in [0.29, 0.717) is 52.2 Å². The maximum absolute atomic E-state index is 14.5. The number of esters is 1. The molecule has 14 nitrogen and oxygen atoms in total. The SMILES string of the molecule is CO[C@@H](C)c1ncc(C#CCN2CCOCC2)cc1-c1c2c3cc(cc4c3n1CCCO4)-c1csc(n1)CC(NC(=O)C1[C@@H](C)[C@H]1C)C(=O)N1N[C@H](C(=O)OCC(C)(C)C2)C2CC1C2. The maximum Gasteiger partial charge on any atom is 0.325 e. The van der Waals surface area contributed by atoms with Gasteiger partial charge in [-0.2, -0.15) is 0 Å². The monoisotopic (exact) mass is 889 g/mol. The van der Waals surface area contributed by atoms with Gasteiger partial charge < -0.3 is 28.8 Å². The van der Waals surface area contributed by atoms with Crippen LogP contribution in [0.25, 0.3) is 33.4 Å². The van der Waals surface area contributed by atoms with Gasteiger partial charge in [0.1, 0.15) is 17.8 Å². The van der Waals surface area contributed by atoms with Crippen LogP contribution in [0.15, 0.2) is 29.8 Å². The number of nitrogens with one attached hydrogen (secondary N) is 2. The summed E-state index contributed by atoms with van der Waals surface area (Å²) < 4.78 is 26.8. The van der Waals surface area contributed by atoms with Gasteiger partial charge in [0.25, 0.3) is 5.91 Å². The number of benzene rings is 1. The predicted molar refractivity (Wildman–Crippen MR) is 242 cm³/mol. The Morgan fingerprint density at radius 2 is 1.89 bits per heavy atom. The first-order valence-corrected chi connectivity index (χ1v) is 23.9. The van der Waals surface area contributed by atoms with Crippen molar-refractivity contribution in [2.24, 2.45) is 29.1 Å². The number of fused-ring (bicyclic) bond motifs is 4. The number of methoxy groups -OCH3 is 1.